The van der Waals surface area contributed by atoms with Crippen LogP contribution >= 0.6 is 0 Å². The first-order chi connectivity index (χ1) is 15.4. The maximum Gasteiger partial charge on any atom is 0.241 e. The average molecular weight is 443 g/mol. The zero-order valence-electron chi connectivity index (χ0n) is 18.6. The summed E-state index contributed by atoms with van der Waals surface area (Å²) in [5.74, 6) is -1.71. The molecule has 2 heterocycles. The lowest BCUT2D eigenvalue weighted by molar-refractivity contribution is -0.145. The van der Waals surface area contributed by atoms with Crippen molar-refractivity contribution in [2.45, 2.75) is 76.2 Å². The Kier molecular flexibility index (Phi) is 6.45. The summed E-state index contributed by atoms with van der Waals surface area (Å²) in [5.41, 5.74) is -1.41. The SMILES string of the molecule is CCC(=O)C1CCCN(C(=O)CC2(c3ccccc3F)CC(=O)N(C3CCCC3)C2=O)C1. The fourth-order valence-corrected chi connectivity index (χ4v) is 5.71. The molecule has 2 atom stereocenters. The number of benzene rings is 1. The van der Waals surface area contributed by atoms with Crippen LogP contribution < -0.4 is 0 Å². The molecular weight excluding hydrogens is 411 g/mol. The first kappa shape index (κ1) is 22.6. The molecule has 7 heteroatoms. The van der Waals surface area contributed by atoms with Gasteiger partial charge in [-0.2, -0.15) is 0 Å². The second-order valence-electron chi connectivity index (χ2n) is 9.42. The molecule has 0 spiro atoms. The third kappa shape index (κ3) is 3.97. The third-order valence-electron chi connectivity index (χ3n) is 7.46. The van der Waals surface area contributed by atoms with Crippen molar-refractivity contribution in [3.63, 3.8) is 0 Å². The van der Waals surface area contributed by atoms with E-state index in [4.69, 9.17) is 0 Å². The molecule has 3 fully saturated rings. The molecule has 32 heavy (non-hydrogen) atoms. The van der Waals surface area contributed by atoms with Gasteiger partial charge in [-0.05, 0) is 31.7 Å². The van der Waals surface area contributed by atoms with Crippen LogP contribution in [0.3, 0.4) is 0 Å². The van der Waals surface area contributed by atoms with Crippen LogP contribution in [0, 0.1) is 11.7 Å². The average Bonchev–Trinajstić information content (AvgIpc) is 3.40. The Morgan fingerprint density at radius 2 is 1.81 bits per heavy atom. The van der Waals surface area contributed by atoms with Crippen molar-refractivity contribution >= 4 is 23.5 Å². The van der Waals surface area contributed by atoms with Crippen LogP contribution in [0.5, 0.6) is 0 Å². The molecular formula is C25H31FN2O4. The van der Waals surface area contributed by atoms with Crippen LogP contribution in [0.4, 0.5) is 4.39 Å². The highest BCUT2D eigenvalue weighted by molar-refractivity contribution is 6.11. The predicted molar refractivity (Wildman–Crippen MR) is 116 cm³/mol. The highest BCUT2D eigenvalue weighted by Crippen LogP contribution is 2.44. The van der Waals surface area contributed by atoms with E-state index in [2.05, 4.69) is 0 Å². The van der Waals surface area contributed by atoms with E-state index in [1.54, 1.807) is 11.0 Å². The van der Waals surface area contributed by atoms with Crippen molar-refractivity contribution in [1.82, 2.24) is 9.80 Å². The van der Waals surface area contributed by atoms with E-state index in [0.717, 1.165) is 38.5 Å². The molecule has 172 valence electrons. The maximum atomic E-state index is 14.9. The Morgan fingerprint density at radius 3 is 2.50 bits per heavy atom. The van der Waals surface area contributed by atoms with Crippen molar-refractivity contribution in [2.75, 3.05) is 13.1 Å². The Labute approximate surface area is 188 Å². The van der Waals surface area contributed by atoms with Gasteiger partial charge in [-0.15, -0.1) is 0 Å². The quantitative estimate of drug-likeness (QED) is 0.633. The monoisotopic (exact) mass is 442 g/mol. The molecule has 2 aliphatic heterocycles. The number of imide groups is 1. The summed E-state index contributed by atoms with van der Waals surface area (Å²) in [5, 5.41) is 0. The number of carbonyl (C=O) groups excluding carboxylic acids is 4. The second-order valence-corrected chi connectivity index (χ2v) is 9.42. The zero-order chi connectivity index (χ0) is 22.9. The number of hydrogen-bond acceptors (Lipinski definition) is 4. The minimum absolute atomic E-state index is 0.116. The van der Waals surface area contributed by atoms with Crippen LogP contribution in [-0.2, 0) is 24.6 Å². The van der Waals surface area contributed by atoms with Gasteiger partial charge in [0, 0.05) is 49.9 Å². The van der Waals surface area contributed by atoms with Crippen molar-refractivity contribution in [3.8, 4) is 0 Å². The summed E-state index contributed by atoms with van der Waals surface area (Å²) in [6, 6.07) is 5.80. The molecule has 4 rings (SSSR count). The predicted octanol–water partition coefficient (Wildman–Crippen LogP) is 3.37. The van der Waals surface area contributed by atoms with Crippen LogP contribution in [0.15, 0.2) is 24.3 Å². The van der Waals surface area contributed by atoms with E-state index in [-0.39, 0.29) is 48.0 Å². The minimum Gasteiger partial charge on any atom is -0.342 e. The van der Waals surface area contributed by atoms with Gasteiger partial charge in [0.1, 0.15) is 11.6 Å². The summed E-state index contributed by atoms with van der Waals surface area (Å²) in [7, 11) is 0. The number of nitrogens with zero attached hydrogens (tertiary/aromatic N) is 2. The number of rotatable bonds is 6. The fourth-order valence-electron chi connectivity index (χ4n) is 5.71. The van der Waals surface area contributed by atoms with Gasteiger partial charge in [-0.1, -0.05) is 38.0 Å². The molecule has 2 saturated heterocycles. The van der Waals surface area contributed by atoms with E-state index in [1.165, 1.54) is 23.1 Å². The lowest BCUT2D eigenvalue weighted by Gasteiger charge is -2.35. The molecule has 0 aromatic heterocycles. The first-order valence-corrected chi connectivity index (χ1v) is 11.8. The molecule has 2 unspecified atom stereocenters. The van der Waals surface area contributed by atoms with Gasteiger partial charge in [-0.3, -0.25) is 24.1 Å². The largest absolute Gasteiger partial charge is 0.342 e. The molecule has 1 aromatic rings. The second kappa shape index (κ2) is 9.12. The smallest absolute Gasteiger partial charge is 0.241 e. The van der Waals surface area contributed by atoms with Crippen LogP contribution in [0.1, 0.15) is 70.3 Å². The molecule has 1 aliphatic carbocycles. The Hall–Kier alpha value is -2.57. The van der Waals surface area contributed by atoms with Crippen molar-refractivity contribution in [3.05, 3.63) is 35.6 Å². The van der Waals surface area contributed by atoms with Crippen molar-refractivity contribution < 1.29 is 23.6 Å². The molecule has 1 aromatic carbocycles. The van der Waals surface area contributed by atoms with Gasteiger partial charge in [0.25, 0.3) is 0 Å². The van der Waals surface area contributed by atoms with Gasteiger partial charge >= 0.3 is 0 Å². The van der Waals surface area contributed by atoms with Gasteiger partial charge in [0.05, 0.1) is 5.41 Å². The highest BCUT2D eigenvalue weighted by Gasteiger charge is 2.57. The number of hydrogen-bond donors (Lipinski definition) is 0. The summed E-state index contributed by atoms with van der Waals surface area (Å²) in [4.78, 5) is 55.3. The van der Waals surface area contributed by atoms with Crippen molar-refractivity contribution in [2.24, 2.45) is 5.92 Å². The van der Waals surface area contributed by atoms with E-state index in [0.29, 0.717) is 19.5 Å². The summed E-state index contributed by atoms with van der Waals surface area (Å²) < 4.78 is 14.9. The maximum absolute atomic E-state index is 14.9. The summed E-state index contributed by atoms with van der Waals surface area (Å²) >= 11 is 0. The normalized spacial score (nSPS) is 26.8. The van der Waals surface area contributed by atoms with E-state index >= 15 is 0 Å². The number of carbonyl (C=O) groups is 4. The highest BCUT2D eigenvalue weighted by atomic mass is 19.1. The molecule has 6 nitrogen and oxygen atoms in total. The molecule has 3 amide bonds. The minimum atomic E-state index is -1.52. The Balaban J connectivity index is 1.65. The summed E-state index contributed by atoms with van der Waals surface area (Å²) in [6.45, 7) is 2.65. The third-order valence-corrected chi connectivity index (χ3v) is 7.46. The number of halogens is 1. The lowest BCUT2D eigenvalue weighted by atomic mass is 9.75. The first-order valence-electron chi connectivity index (χ1n) is 11.8. The zero-order valence-corrected chi connectivity index (χ0v) is 18.6. The lowest BCUT2D eigenvalue weighted by Crippen LogP contribution is -2.48. The molecule has 0 bridgehead atoms. The van der Waals surface area contributed by atoms with Crippen LogP contribution in [-0.4, -0.2) is 52.4 Å². The molecule has 1 saturated carbocycles. The number of likely N-dealkylation sites (tertiary alicyclic amines) is 2. The van der Waals surface area contributed by atoms with Crippen LogP contribution in [0.25, 0.3) is 0 Å². The molecule has 3 aliphatic rings. The molecule has 0 N–H and O–H groups in total. The van der Waals surface area contributed by atoms with Gasteiger partial charge in [-0.25, -0.2) is 4.39 Å². The number of amides is 3. The standard InChI is InChI=1S/C25H31FN2O4/c1-2-21(29)17-8-7-13-27(16-17)22(30)14-25(19-11-5-6-12-20(19)26)15-23(31)28(24(25)32)18-9-3-4-10-18/h5-6,11-12,17-18H,2-4,7-10,13-16H2,1H3. The van der Waals surface area contributed by atoms with E-state index in [1.807, 2.05) is 6.92 Å². The topological polar surface area (TPSA) is 74.8 Å². The van der Waals surface area contributed by atoms with Crippen LogP contribution in [0.2, 0.25) is 0 Å². The van der Waals surface area contributed by atoms with E-state index < -0.39 is 17.1 Å². The summed E-state index contributed by atoms with van der Waals surface area (Å²) in [6.07, 6.45) is 4.86. The number of piperidine rings is 1. The van der Waals surface area contributed by atoms with E-state index in [9.17, 15) is 23.6 Å². The van der Waals surface area contributed by atoms with Gasteiger partial charge in [0.15, 0.2) is 0 Å². The Morgan fingerprint density at radius 1 is 1.09 bits per heavy atom. The fraction of sp³-hybridized carbons (Fsp3) is 0.600. The van der Waals surface area contributed by atoms with Gasteiger partial charge < -0.3 is 4.90 Å². The number of ketones is 1. The van der Waals surface area contributed by atoms with Gasteiger partial charge in [0.2, 0.25) is 17.7 Å². The Bertz CT molecular complexity index is 926. The molecule has 0 radical (unpaired) electrons. The number of Topliss-reactive ketones (excluding diaryl/α,β-unsaturated/α-hetero) is 1. The van der Waals surface area contributed by atoms with Crippen molar-refractivity contribution in [1.29, 1.82) is 0 Å².